The molecular formula is C19H18N4O2. The number of amides is 1. The Morgan fingerprint density at radius 3 is 2.80 bits per heavy atom. The number of imidazole rings is 1. The van der Waals surface area contributed by atoms with Gasteiger partial charge in [0.05, 0.1) is 23.8 Å². The molecule has 0 radical (unpaired) electrons. The SMILES string of the molecule is O=C(Nc1ccccc1Oc1ccccc1)[C@@H]1Cc2[nH]cnc2CN1. The zero-order valence-corrected chi connectivity index (χ0v) is 13.5. The van der Waals surface area contributed by atoms with Crippen molar-refractivity contribution in [3.05, 3.63) is 72.3 Å². The fourth-order valence-corrected chi connectivity index (χ4v) is 2.85. The number of aromatic nitrogens is 2. The van der Waals surface area contributed by atoms with E-state index < -0.39 is 0 Å². The number of para-hydroxylation sites is 3. The van der Waals surface area contributed by atoms with Crippen molar-refractivity contribution in [3.8, 4) is 11.5 Å². The lowest BCUT2D eigenvalue weighted by molar-refractivity contribution is -0.118. The molecule has 1 aromatic heterocycles. The molecular weight excluding hydrogens is 316 g/mol. The minimum atomic E-state index is -0.308. The van der Waals surface area contributed by atoms with Crippen molar-refractivity contribution in [1.29, 1.82) is 0 Å². The Morgan fingerprint density at radius 2 is 1.92 bits per heavy atom. The van der Waals surface area contributed by atoms with Crippen LogP contribution in [-0.2, 0) is 17.8 Å². The quantitative estimate of drug-likeness (QED) is 0.685. The fourth-order valence-electron chi connectivity index (χ4n) is 2.85. The highest BCUT2D eigenvalue weighted by Gasteiger charge is 2.26. The first-order valence-electron chi connectivity index (χ1n) is 8.17. The van der Waals surface area contributed by atoms with Gasteiger partial charge in [-0.2, -0.15) is 0 Å². The van der Waals surface area contributed by atoms with Crippen molar-refractivity contribution in [2.24, 2.45) is 0 Å². The number of nitrogens with one attached hydrogen (secondary N) is 3. The molecule has 0 unspecified atom stereocenters. The van der Waals surface area contributed by atoms with Crippen molar-refractivity contribution in [3.63, 3.8) is 0 Å². The van der Waals surface area contributed by atoms with E-state index in [0.29, 0.717) is 24.4 Å². The van der Waals surface area contributed by atoms with Crippen LogP contribution in [0.4, 0.5) is 5.69 Å². The third-order valence-electron chi connectivity index (χ3n) is 4.16. The molecule has 1 aliphatic rings. The largest absolute Gasteiger partial charge is 0.455 e. The summed E-state index contributed by atoms with van der Waals surface area (Å²) in [7, 11) is 0. The van der Waals surface area contributed by atoms with E-state index >= 15 is 0 Å². The number of fused-ring (bicyclic) bond motifs is 1. The summed E-state index contributed by atoms with van der Waals surface area (Å²) in [4.78, 5) is 20.0. The average molecular weight is 334 g/mol. The topological polar surface area (TPSA) is 79.0 Å². The molecule has 0 saturated heterocycles. The Labute approximate surface area is 145 Å². The first-order valence-corrected chi connectivity index (χ1v) is 8.17. The van der Waals surface area contributed by atoms with E-state index in [1.54, 1.807) is 6.33 Å². The Bertz CT molecular complexity index is 876. The van der Waals surface area contributed by atoms with Crippen LogP contribution in [0.3, 0.4) is 0 Å². The molecule has 25 heavy (non-hydrogen) atoms. The molecule has 1 aliphatic heterocycles. The molecule has 2 heterocycles. The molecule has 1 amide bonds. The van der Waals surface area contributed by atoms with Crippen LogP contribution in [-0.4, -0.2) is 21.9 Å². The van der Waals surface area contributed by atoms with E-state index in [1.807, 2.05) is 54.6 Å². The van der Waals surface area contributed by atoms with Crippen molar-refractivity contribution < 1.29 is 9.53 Å². The van der Waals surface area contributed by atoms with Gasteiger partial charge in [-0.25, -0.2) is 4.98 Å². The number of anilines is 1. The Morgan fingerprint density at radius 1 is 1.12 bits per heavy atom. The second-order valence-corrected chi connectivity index (χ2v) is 5.87. The van der Waals surface area contributed by atoms with Gasteiger partial charge in [-0.05, 0) is 24.3 Å². The Kier molecular flexibility index (Phi) is 4.18. The summed E-state index contributed by atoms with van der Waals surface area (Å²) in [6, 6.07) is 16.6. The van der Waals surface area contributed by atoms with E-state index in [9.17, 15) is 4.79 Å². The lowest BCUT2D eigenvalue weighted by Crippen LogP contribution is -2.44. The summed E-state index contributed by atoms with van der Waals surface area (Å²) < 4.78 is 5.89. The number of hydrogen-bond donors (Lipinski definition) is 3. The summed E-state index contributed by atoms with van der Waals surface area (Å²) in [5.74, 6) is 1.24. The van der Waals surface area contributed by atoms with Crippen LogP contribution >= 0.6 is 0 Å². The van der Waals surface area contributed by atoms with Gasteiger partial charge in [0.25, 0.3) is 0 Å². The van der Waals surface area contributed by atoms with Crippen molar-refractivity contribution in [2.75, 3.05) is 5.32 Å². The van der Waals surface area contributed by atoms with E-state index in [4.69, 9.17) is 4.74 Å². The predicted molar refractivity (Wildman–Crippen MR) is 94.5 cm³/mol. The number of carbonyl (C=O) groups excluding carboxylic acids is 1. The smallest absolute Gasteiger partial charge is 0.242 e. The average Bonchev–Trinajstić information content (AvgIpc) is 3.12. The number of hydrogen-bond acceptors (Lipinski definition) is 4. The number of carbonyl (C=O) groups is 1. The normalized spacial score (nSPS) is 16.1. The number of ether oxygens (including phenoxy) is 1. The summed E-state index contributed by atoms with van der Waals surface area (Å²) in [5, 5.41) is 6.18. The molecule has 0 fully saturated rings. The first kappa shape index (κ1) is 15.4. The van der Waals surface area contributed by atoms with Crippen molar-refractivity contribution in [1.82, 2.24) is 15.3 Å². The van der Waals surface area contributed by atoms with Gasteiger partial charge in [-0.3, -0.25) is 10.1 Å². The summed E-state index contributed by atoms with van der Waals surface area (Å²) >= 11 is 0. The number of rotatable bonds is 4. The van der Waals surface area contributed by atoms with Gasteiger partial charge in [-0.1, -0.05) is 30.3 Å². The van der Waals surface area contributed by atoms with Crippen LogP contribution in [0.1, 0.15) is 11.4 Å². The van der Waals surface area contributed by atoms with Crippen LogP contribution < -0.4 is 15.4 Å². The standard InChI is InChI=1S/C19H18N4O2/c24-19(16-10-15-17(11-20-16)22-12-21-15)23-14-8-4-5-9-18(14)25-13-6-2-1-3-7-13/h1-9,12,16,20H,10-11H2,(H,21,22)(H,23,24)/t16-/m0/s1. The lowest BCUT2D eigenvalue weighted by atomic mass is 10.0. The zero-order chi connectivity index (χ0) is 17.1. The van der Waals surface area contributed by atoms with Gasteiger partial charge < -0.3 is 15.0 Å². The summed E-state index contributed by atoms with van der Waals surface area (Å²) in [6.07, 6.45) is 2.25. The zero-order valence-electron chi connectivity index (χ0n) is 13.5. The molecule has 6 nitrogen and oxygen atoms in total. The monoisotopic (exact) mass is 334 g/mol. The molecule has 4 rings (SSSR count). The Hall–Kier alpha value is -3.12. The van der Waals surface area contributed by atoms with Crippen molar-refractivity contribution in [2.45, 2.75) is 19.0 Å². The fraction of sp³-hybridized carbons (Fsp3) is 0.158. The molecule has 6 heteroatoms. The highest BCUT2D eigenvalue weighted by atomic mass is 16.5. The molecule has 126 valence electrons. The Balaban J connectivity index is 1.48. The molecule has 1 atom stereocenters. The van der Waals surface area contributed by atoms with Gasteiger partial charge in [0.1, 0.15) is 5.75 Å². The van der Waals surface area contributed by atoms with Crippen LogP contribution in [0.15, 0.2) is 60.9 Å². The number of benzene rings is 2. The van der Waals surface area contributed by atoms with E-state index in [0.717, 1.165) is 17.1 Å². The predicted octanol–water partition coefficient (Wildman–Crippen LogP) is 2.85. The molecule has 0 spiro atoms. The summed E-state index contributed by atoms with van der Waals surface area (Å²) in [5.41, 5.74) is 2.62. The van der Waals surface area contributed by atoms with Crippen LogP contribution in [0.2, 0.25) is 0 Å². The second kappa shape index (κ2) is 6.78. The number of nitrogens with zero attached hydrogens (tertiary/aromatic N) is 1. The second-order valence-electron chi connectivity index (χ2n) is 5.87. The molecule has 3 N–H and O–H groups in total. The maximum atomic E-state index is 12.6. The third kappa shape index (κ3) is 3.39. The lowest BCUT2D eigenvalue weighted by Gasteiger charge is -2.22. The van der Waals surface area contributed by atoms with Gasteiger partial charge in [0.15, 0.2) is 5.75 Å². The van der Waals surface area contributed by atoms with Gasteiger partial charge >= 0.3 is 0 Å². The maximum Gasteiger partial charge on any atom is 0.242 e. The third-order valence-corrected chi connectivity index (χ3v) is 4.16. The molecule has 0 aliphatic carbocycles. The highest BCUT2D eigenvalue weighted by Crippen LogP contribution is 2.29. The van der Waals surface area contributed by atoms with E-state index in [-0.39, 0.29) is 11.9 Å². The minimum absolute atomic E-state index is 0.0932. The number of aromatic amines is 1. The molecule has 0 bridgehead atoms. The molecule has 2 aromatic carbocycles. The molecule has 3 aromatic rings. The van der Waals surface area contributed by atoms with Gasteiger partial charge in [0, 0.05) is 18.7 Å². The van der Waals surface area contributed by atoms with Crippen molar-refractivity contribution >= 4 is 11.6 Å². The maximum absolute atomic E-state index is 12.6. The minimum Gasteiger partial charge on any atom is -0.455 e. The van der Waals surface area contributed by atoms with Gasteiger partial charge in [-0.15, -0.1) is 0 Å². The summed E-state index contributed by atoms with van der Waals surface area (Å²) in [6.45, 7) is 0.582. The van der Waals surface area contributed by atoms with E-state index in [2.05, 4.69) is 20.6 Å². The van der Waals surface area contributed by atoms with E-state index in [1.165, 1.54) is 0 Å². The van der Waals surface area contributed by atoms with Crippen LogP contribution in [0.25, 0.3) is 0 Å². The first-order chi connectivity index (χ1) is 12.3. The highest BCUT2D eigenvalue weighted by molar-refractivity contribution is 5.96. The van der Waals surface area contributed by atoms with Crippen LogP contribution in [0, 0.1) is 0 Å². The number of H-pyrrole nitrogens is 1. The van der Waals surface area contributed by atoms with Crippen LogP contribution in [0.5, 0.6) is 11.5 Å². The van der Waals surface area contributed by atoms with Gasteiger partial charge in [0.2, 0.25) is 5.91 Å². The molecule has 0 saturated carbocycles.